The second kappa shape index (κ2) is 7.85. The molecule has 0 aliphatic heterocycles. The van der Waals surface area contributed by atoms with Crippen LogP contribution in [0.25, 0.3) is 0 Å². The van der Waals surface area contributed by atoms with Gasteiger partial charge in [0.15, 0.2) is 0 Å². The van der Waals surface area contributed by atoms with Crippen LogP contribution < -0.4 is 0 Å². The Balaban J connectivity index is 2.56. The van der Waals surface area contributed by atoms with E-state index in [0.29, 0.717) is 7.25 Å². The summed E-state index contributed by atoms with van der Waals surface area (Å²) in [5.74, 6) is 0. The van der Waals surface area contributed by atoms with Crippen molar-refractivity contribution in [3.63, 3.8) is 0 Å². The van der Waals surface area contributed by atoms with E-state index in [1.54, 1.807) is 0 Å². The molecule has 116 valence electrons. The van der Waals surface area contributed by atoms with Gasteiger partial charge in [0.05, 0.1) is 0 Å². The van der Waals surface area contributed by atoms with Gasteiger partial charge in [-0.2, -0.15) is 0 Å². The number of nitrogens with zero attached hydrogens (tertiary/aromatic N) is 2. The molecule has 0 amide bonds. The molecule has 0 spiro atoms. The summed E-state index contributed by atoms with van der Waals surface area (Å²) >= 11 is -2.83. The van der Waals surface area contributed by atoms with Gasteiger partial charge in [0, 0.05) is 0 Å². The zero-order valence-electron chi connectivity index (χ0n) is 14.0. The second-order valence-electron chi connectivity index (χ2n) is 5.72. The van der Waals surface area contributed by atoms with Gasteiger partial charge in [0.1, 0.15) is 0 Å². The van der Waals surface area contributed by atoms with E-state index in [-0.39, 0.29) is 0 Å². The van der Waals surface area contributed by atoms with Crippen LogP contribution in [0.1, 0.15) is 27.7 Å². The van der Waals surface area contributed by atoms with E-state index in [1.165, 1.54) is 26.2 Å². The molecule has 0 aromatic heterocycles. The van der Waals surface area contributed by atoms with E-state index >= 15 is 0 Å². The predicted octanol–water partition coefficient (Wildman–Crippen LogP) is 4.48. The summed E-state index contributed by atoms with van der Waals surface area (Å²) in [6, 6.07) is 0. The molecule has 21 heavy (non-hydrogen) atoms. The number of allylic oxidation sites excluding steroid dienone is 8. The van der Waals surface area contributed by atoms with Crippen LogP contribution in [-0.4, -0.2) is 31.9 Å². The van der Waals surface area contributed by atoms with E-state index in [1.807, 2.05) is 0 Å². The monoisotopic (exact) mass is 364 g/mol. The molecule has 0 saturated carbocycles. The second-order valence-corrected chi connectivity index (χ2v) is 16.0. The van der Waals surface area contributed by atoms with Crippen molar-refractivity contribution in [2.75, 3.05) is 26.2 Å². The van der Waals surface area contributed by atoms with Crippen molar-refractivity contribution in [2.45, 2.75) is 34.9 Å². The van der Waals surface area contributed by atoms with Crippen LogP contribution in [0.3, 0.4) is 0 Å². The first kappa shape index (κ1) is 17.1. The van der Waals surface area contributed by atoms with Crippen molar-refractivity contribution in [1.29, 1.82) is 0 Å². The molecule has 3 heteroatoms. The fraction of sp³-hybridized carbons (Fsp3) is 0.556. The Kier molecular flexibility index (Phi) is 6.40. The van der Waals surface area contributed by atoms with Crippen LogP contribution in [0.15, 0.2) is 48.6 Å². The first-order valence-corrected chi connectivity index (χ1v) is 13.5. The van der Waals surface area contributed by atoms with E-state index < -0.39 is 20.8 Å². The van der Waals surface area contributed by atoms with Crippen LogP contribution >= 0.6 is 0 Å². The summed E-state index contributed by atoms with van der Waals surface area (Å²) in [7, 11) is 0. The Hall–Kier alpha value is -0.237. The molecule has 2 aliphatic carbocycles. The Morgan fingerprint density at radius 1 is 0.619 bits per heavy atom. The molecule has 0 saturated heterocycles. The van der Waals surface area contributed by atoms with Gasteiger partial charge >= 0.3 is 136 Å². The summed E-state index contributed by atoms with van der Waals surface area (Å²) in [5.41, 5.74) is 0. The first-order valence-electron chi connectivity index (χ1n) is 8.45. The van der Waals surface area contributed by atoms with Crippen molar-refractivity contribution < 1.29 is 20.8 Å². The van der Waals surface area contributed by atoms with Gasteiger partial charge in [-0.25, -0.2) is 0 Å². The molecule has 0 unspecified atom stereocenters. The fourth-order valence-corrected chi connectivity index (χ4v) is 19.2. The number of rotatable bonds is 8. The molecule has 2 nitrogen and oxygen atoms in total. The normalized spacial score (nSPS) is 19.0. The maximum absolute atomic E-state index is 2.86. The maximum atomic E-state index is 2.86. The average Bonchev–Trinajstić information content (AvgIpc) is 3.21. The summed E-state index contributed by atoms with van der Waals surface area (Å²) < 4.78 is 7.02. The van der Waals surface area contributed by atoms with Crippen molar-refractivity contribution in [1.82, 2.24) is 5.69 Å². The molecular weight excluding hydrogens is 335 g/mol. The van der Waals surface area contributed by atoms with Crippen molar-refractivity contribution in [2.24, 2.45) is 0 Å². The molecule has 0 heterocycles. The number of hydrogen-bond donors (Lipinski definition) is 0. The molecular formula is C18H30N2Zr. The average molecular weight is 366 g/mol. The van der Waals surface area contributed by atoms with Crippen molar-refractivity contribution in [3.05, 3.63) is 48.6 Å². The van der Waals surface area contributed by atoms with Gasteiger partial charge in [0.2, 0.25) is 0 Å². The third kappa shape index (κ3) is 2.98. The minimum atomic E-state index is -2.83. The van der Waals surface area contributed by atoms with Crippen molar-refractivity contribution in [3.8, 4) is 0 Å². The van der Waals surface area contributed by atoms with Crippen LogP contribution in [0, 0.1) is 0 Å². The van der Waals surface area contributed by atoms with Gasteiger partial charge in [-0.1, -0.05) is 0 Å². The molecule has 2 rings (SSSR count). The van der Waals surface area contributed by atoms with E-state index in [2.05, 4.69) is 82.0 Å². The van der Waals surface area contributed by atoms with Gasteiger partial charge in [-0.3, -0.25) is 0 Å². The number of hydrogen-bond acceptors (Lipinski definition) is 2. The third-order valence-electron chi connectivity index (χ3n) is 5.02. The fourth-order valence-electron chi connectivity index (χ4n) is 4.16. The van der Waals surface area contributed by atoms with Crippen molar-refractivity contribution >= 4 is 0 Å². The summed E-state index contributed by atoms with van der Waals surface area (Å²) in [6.45, 7) is 14.0. The van der Waals surface area contributed by atoms with Gasteiger partial charge in [-0.05, 0) is 0 Å². The summed E-state index contributed by atoms with van der Waals surface area (Å²) in [5, 5.41) is 0. The molecule has 0 aromatic rings. The molecule has 0 atom stereocenters. The third-order valence-corrected chi connectivity index (χ3v) is 19.8. The zero-order valence-corrected chi connectivity index (χ0v) is 16.5. The molecule has 0 fully saturated rings. The molecule has 0 bridgehead atoms. The minimum absolute atomic E-state index is 0.650. The molecule has 0 aromatic carbocycles. The van der Waals surface area contributed by atoms with Crippen LogP contribution in [-0.2, 0) is 20.8 Å². The van der Waals surface area contributed by atoms with Gasteiger partial charge in [-0.15, -0.1) is 0 Å². The van der Waals surface area contributed by atoms with Crippen LogP contribution in [0.4, 0.5) is 0 Å². The Bertz CT molecular complexity index is 376. The summed E-state index contributed by atoms with van der Waals surface area (Å²) in [6.07, 6.45) is 18.9. The Morgan fingerprint density at radius 2 is 0.905 bits per heavy atom. The summed E-state index contributed by atoms with van der Waals surface area (Å²) in [4.78, 5) is 0. The van der Waals surface area contributed by atoms with E-state index in [0.717, 1.165) is 0 Å². The van der Waals surface area contributed by atoms with Crippen LogP contribution in [0.5, 0.6) is 0 Å². The van der Waals surface area contributed by atoms with E-state index in [9.17, 15) is 0 Å². The van der Waals surface area contributed by atoms with Crippen LogP contribution in [0.2, 0.25) is 7.25 Å². The van der Waals surface area contributed by atoms with E-state index in [4.69, 9.17) is 0 Å². The van der Waals surface area contributed by atoms with Gasteiger partial charge < -0.3 is 0 Å². The molecule has 0 N–H and O–H groups in total. The SMILES string of the molecule is CC[N](CC)[Zr]([CH]1C=CC=C1)([CH]1C=CC=C1)[N](CC)CC. The molecule has 0 radical (unpaired) electrons. The first-order chi connectivity index (χ1) is 10.2. The molecule has 2 aliphatic rings. The van der Waals surface area contributed by atoms with Gasteiger partial charge in [0.25, 0.3) is 0 Å². The standard InChI is InChI=1S/2C5H5.2C4H10N.Zr/c2*1-2-4-5-3-1;2*1-3-5-4-2;/h2*1-5H;2*3-4H2,1-2H3;/q;;2*-1;+2. The predicted molar refractivity (Wildman–Crippen MR) is 89.9 cm³/mol. The topological polar surface area (TPSA) is 6.48 Å². The zero-order chi connectivity index (χ0) is 15.3. The Morgan fingerprint density at radius 3 is 1.14 bits per heavy atom. The Labute approximate surface area is 136 Å². The quantitative estimate of drug-likeness (QED) is 0.625.